The summed E-state index contributed by atoms with van der Waals surface area (Å²) < 4.78 is 35.8. The zero-order valence-electron chi connectivity index (χ0n) is 16.6. The molecule has 1 amide bonds. The Balaban J connectivity index is 1.95. The molecule has 11 heteroatoms. The van der Waals surface area contributed by atoms with Gasteiger partial charge in [0.25, 0.3) is 0 Å². The molecule has 0 radical (unpaired) electrons. The molecule has 4 atom stereocenters. The number of carbonyl (C=O) groups excluding carboxylic acids is 1. The second-order valence-electron chi connectivity index (χ2n) is 8.79. The van der Waals surface area contributed by atoms with E-state index >= 15 is 4.39 Å². The first-order valence-electron chi connectivity index (χ1n) is 9.54. The lowest BCUT2D eigenvalue weighted by Crippen LogP contribution is -2.68. The molecule has 162 valence electrons. The van der Waals surface area contributed by atoms with Crippen LogP contribution < -0.4 is 10.6 Å². The Kier molecular flexibility index (Phi) is 4.97. The Morgan fingerprint density at radius 2 is 2.07 bits per heavy atom. The lowest BCUT2D eigenvalue weighted by Gasteiger charge is -2.56. The van der Waals surface area contributed by atoms with Crippen molar-refractivity contribution >= 4 is 46.0 Å². The third-order valence-electron chi connectivity index (χ3n) is 6.33. The smallest absolute Gasteiger partial charge is 0.404 e. The number of anilines is 1. The second kappa shape index (κ2) is 7.02. The van der Waals surface area contributed by atoms with Crippen molar-refractivity contribution < 1.29 is 18.3 Å². The highest BCUT2D eigenvalue weighted by atomic mass is 35.5. The molecule has 0 aliphatic carbocycles. The predicted octanol–water partition coefficient (Wildman–Crippen LogP) is 4.43. The third kappa shape index (κ3) is 2.97. The Morgan fingerprint density at radius 3 is 2.70 bits per heavy atom. The summed E-state index contributed by atoms with van der Waals surface area (Å²) in [6, 6.07) is -0.228. The molecule has 0 aromatic carbocycles. The van der Waals surface area contributed by atoms with E-state index in [-0.39, 0.29) is 39.6 Å². The number of piperidine rings is 1. The first-order chi connectivity index (χ1) is 14.0. The van der Waals surface area contributed by atoms with Gasteiger partial charge < -0.3 is 15.4 Å². The van der Waals surface area contributed by atoms with Crippen LogP contribution in [-0.4, -0.2) is 44.9 Å². The maximum Gasteiger partial charge on any atom is 0.404 e. The molecule has 2 fully saturated rings. The van der Waals surface area contributed by atoms with Crippen LogP contribution in [0.3, 0.4) is 0 Å². The molecular formula is C19H21Cl2F2N5O2. The Hall–Kier alpha value is -2.00. The largest absolute Gasteiger partial charge is 0.443 e. The van der Waals surface area contributed by atoms with Crippen LogP contribution in [0.15, 0.2) is 6.20 Å². The number of fused-ring (bicyclic) bond motifs is 3. The van der Waals surface area contributed by atoms with E-state index in [2.05, 4.69) is 15.0 Å². The number of primary amides is 1. The summed E-state index contributed by atoms with van der Waals surface area (Å²) in [4.78, 5) is 25.4. The predicted molar refractivity (Wildman–Crippen MR) is 109 cm³/mol. The van der Waals surface area contributed by atoms with E-state index in [1.54, 1.807) is 0 Å². The fourth-order valence-electron chi connectivity index (χ4n) is 5.10. The second-order valence-corrected chi connectivity index (χ2v) is 9.49. The first-order valence-corrected chi connectivity index (χ1v) is 10.3. The van der Waals surface area contributed by atoms with Crippen molar-refractivity contribution in [1.82, 2.24) is 15.0 Å². The molecule has 2 aliphatic heterocycles. The number of pyridine rings is 1. The Bertz CT molecular complexity index is 1030. The number of hydrogen-bond acceptors (Lipinski definition) is 6. The van der Waals surface area contributed by atoms with Gasteiger partial charge in [-0.15, -0.1) is 0 Å². The number of nitrogens with two attached hydrogens (primary N) is 1. The van der Waals surface area contributed by atoms with Crippen molar-refractivity contribution in [3.63, 3.8) is 0 Å². The van der Waals surface area contributed by atoms with E-state index in [9.17, 15) is 9.18 Å². The minimum atomic E-state index is -1.56. The molecule has 2 aliphatic rings. The molecule has 30 heavy (non-hydrogen) atoms. The van der Waals surface area contributed by atoms with E-state index < -0.39 is 35.1 Å². The minimum absolute atomic E-state index is 0.0839. The standard InChI is InChI=1S/C19H21Cl2F2N5O2/c1-18(2,3)19-5-4-8(6-10(13(19)23)30-17(24)29)28(19)15-9-7-25-14(20)11(22)12(9)26-16(21)27-15/h7-8,10,13H,4-6H2,1-3H3,(H2,24,29)/t8-,10+,13+,19-/m1/s1. The quantitative estimate of drug-likeness (QED) is 0.527. The van der Waals surface area contributed by atoms with Crippen LogP contribution in [-0.2, 0) is 4.74 Å². The van der Waals surface area contributed by atoms with Gasteiger partial charge in [0.1, 0.15) is 17.4 Å². The van der Waals surface area contributed by atoms with Gasteiger partial charge in [0.15, 0.2) is 17.1 Å². The van der Waals surface area contributed by atoms with Crippen LogP contribution in [0.1, 0.15) is 40.0 Å². The minimum Gasteiger partial charge on any atom is -0.443 e. The van der Waals surface area contributed by atoms with Gasteiger partial charge >= 0.3 is 6.09 Å². The number of ether oxygens (including phenoxy) is 1. The van der Waals surface area contributed by atoms with E-state index in [1.807, 2.05) is 25.7 Å². The van der Waals surface area contributed by atoms with Crippen LogP contribution in [0.2, 0.25) is 10.4 Å². The Morgan fingerprint density at radius 1 is 1.37 bits per heavy atom. The molecule has 0 unspecified atom stereocenters. The van der Waals surface area contributed by atoms with Gasteiger partial charge in [-0.05, 0) is 29.9 Å². The van der Waals surface area contributed by atoms with Crippen molar-refractivity contribution in [2.24, 2.45) is 11.1 Å². The highest BCUT2D eigenvalue weighted by Gasteiger charge is 2.65. The molecule has 4 heterocycles. The van der Waals surface area contributed by atoms with E-state index in [0.717, 1.165) is 0 Å². The van der Waals surface area contributed by atoms with Crippen molar-refractivity contribution in [3.8, 4) is 0 Å². The van der Waals surface area contributed by atoms with E-state index in [0.29, 0.717) is 12.8 Å². The highest BCUT2D eigenvalue weighted by Crippen LogP contribution is 2.57. The normalized spacial score (nSPS) is 28.8. The molecule has 7 nitrogen and oxygen atoms in total. The molecule has 2 aromatic heterocycles. The molecule has 2 N–H and O–H groups in total. The average molecular weight is 460 g/mol. The van der Waals surface area contributed by atoms with E-state index in [1.165, 1.54) is 6.20 Å². The van der Waals surface area contributed by atoms with Crippen molar-refractivity contribution in [2.75, 3.05) is 4.90 Å². The molecule has 0 saturated carbocycles. The van der Waals surface area contributed by atoms with Crippen molar-refractivity contribution in [1.29, 1.82) is 0 Å². The van der Waals surface area contributed by atoms with Crippen LogP contribution >= 0.6 is 23.2 Å². The summed E-state index contributed by atoms with van der Waals surface area (Å²) in [6.45, 7) is 5.72. The monoisotopic (exact) mass is 459 g/mol. The maximum absolute atomic E-state index is 16.1. The van der Waals surface area contributed by atoms with Crippen LogP contribution in [0.4, 0.5) is 19.4 Å². The van der Waals surface area contributed by atoms with Gasteiger partial charge in [-0.1, -0.05) is 32.4 Å². The number of alkyl halides is 1. The molecule has 2 aromatic rings. The van der Waals surface area contributed by atoms with Crippen LogP contribution in [0, 0.1) is 11.2 Å². The molecule has 2 bridgehead atoms. The van der Waals surface area contributed by atoms with Crippen LogP contribution in [0.5, 0.6) is 0 Å². The van der Waals surface area contributed by atoms with Crippen molar-refractivity contribution in [2.45, 2.75) is 63.9 Å². The third-order valence-corrected chi connectivity index (χ3v) is 6.76. The van der Waals surface area contributed by atoms with E-state index in [4.69, 9.17) is 33.7 Å². The summed E-state index contributed by atoms with van der Waals surface area (Å²) in [7, 11) is 0. The summed E-state index contributed by atoms with van der Waals surface area (Å²) in [5, 5.41) is -0.245. The lowest BCUT2D eigenvalue weighted by molar-refractivity contribution is -0.0407. The molecule has 2 saturated heterocycles. The summed E-state index contributed by atoms with van der Waals surface area (Å²) in [5.74, 6) is -0.536. The highest BCUT2D eigenvalue weighted by molar-refractivity contribution is 6.30. The fraction of sp³-hybridized carbons (Fsp3) is 0.579. The zero-order chi connectivity index (χ0) is 22.0. The average Bonchev–Trinajstić information content (AvgIpc) is 2.96. The number of nitrogens with zero attached hydrogens (tertiary/aromatic N) is 4. The number of hydrogen-bond donors (Lipinski definition) is 1. The zero-order valence-corrected chi connectivity index (χ0v) is 18.1. The van der Waals surface area contributed by atoms with Gasteiger partial charge in [-0.25, -0.2) is 23.5 Å². The fourth-order valence-corrected chi connectivity index (χ4v) is 5.40. The number of carbonyl (C=O) groups is 1. The van der Waals surface area contributed by atoms with Crippen molar-refractivity contribution in [3.05, 3.63) is 22.5 Å². The first kappa shape index (κ1) is 21.2. The summed E-state index contributed by atoms with van der Waals surface area (Å²) in [5.41, 5.74) is 3.39. The summed E-state index contributed by atoms with van der Waals surface area (Å²) in [6.07, 6.45) is -0.876. The number of amides is 1. The van der Waals surface area contributed by atoms with Gasteiger partial charge in [-0.2, -0.15) is 4.98 Å². The maximum atomic E-state index is 16.1. The van der Waals surface area contributed by atoms with Gasteiger partial charge in [-0.3, -0.25) is 0 Å². The molecule has 0 spiro atoms. The lowest BCUT2D eigenvalue weighted by atomic mass is 9.66. The summed E-state index contributed by atoms with van der Waals surface area (Å²) >= 11 is 11.9. The molecular weight excluding hydrogens is 439 g/mol. The number of halogens is 4. The number of aromatic nitrogens is 3. The number of rotatable bonds is 2. The topological polar surface area (TPSA) is 94.2 Å². The van der Waals surface area contributed by atoms with Gasteiger partial charge in [0, 0.05) is 18.7 Å². The van der Waals surface area contributed by atoms with Crippen LogP contribution in [0.25, 0.3) is 10.9 Å². The van der Waals surface area contributed by atoms with Gasteiger partial charge in [0.05, 0.1) is 10.9 Å². The SMILES string of the molecule is CC(C)(C)[C@@]12CC[C@H](C[C@H](OC(N)=O)[C@@H]1F)N2c1nc(Cl)nc2c(F)c(Cl)ncc12. The van der Waals surface area contributed by atoms with Gasteiger partial charge in [0.2, 0.25) is 5.28 Å². The molecule has 4 rings (SSSR count). The Labute approximate surface area is 181 Å².